The van der Waals surface area contributed by atoms with E-state index in [9.17, 15) is 4.79 Å². The summed E-state index contributed by atoms with van der Waals surface area (Å²) in [6.07, 6.45) is 0.520. The van der Waals surface area contributed by atoms with Gasteiger partial charge in [-0.15, -0.1) is 24.8 Å². The molecule has 0 saturated carbocycles. The molecule has 1 saturated heterocycles. The van der Waals surface area contributed by atoms with Crippen LogP contribution in [0.15, 0.2) is 24.3 Å². The van der Waals surface area contributed by atoms with Gasteiger partial charge in [0.2, 0.25) is 5.91 Å². The highest BCUT2D eigenvalue weighted by Crippen LogP contribution is 2.17. The molecule has 1 amide bonds. The fraction of sp³-hybridized carbons (Fsp3) is 0.611. The highest BCUT2D eigenvalue weighted by molar-refractivity contribution is 5.85. The maximum Gasteiger partial charge on any atom is 0.224 e. The Morgan fingerprint density at radius 2 is 1.80 bits per heavy atom. The zero-order valence-corrected chi connectivity index (χ0v) is 16.9. The van der Waals surface area contributed by atoms with Crippen molar-refractivity contribution in [1.82, 2.24) is 10.2 Å². The van der Waals surface area contributed by atoms with Crippen LogP contribution in [0.4, 0.5) is 0 Å². The van der Waals surface area contributed by atoms with Crippen LogP contribution in [0.25, 0.3) is 0 Å². The van der Waals surface area contributed by atoms with Crippen molar-refractivity contribution in [2.75, 3.05) is 19.6 Å². The Bertz CT molecular complexity index is 521. The van der Waals surface area contributed by atoms with Crippen molar-refractivity contribution < 1.29 is 9.53 Å². The SMILES string of the molecule is CC1CN(Cc2ccccc2CNC(=O)C(C)CN)CC(C)O1.Cl.Cl. The molecule has 1 heterocycles. The standard InChI is InChI=1S/C18H29N3O2.2ClH/c1-13(8-19)18(22)20-9-16-6-4-5-7-17(16)12-21-10-14(2)23-15(3)11-21;;/h4-7,13-15H,8-12,19H2,1-3H3,(H,20,22);2*1H. The number of nitrogens with one attached hydrogen (secondary N) is 1. The van der Waals surface area contributed by atoms with Crippen molar-refractivity contribution in [2.45, 2.75) is 46.1 Å². The first-order valence-corrected chi connectivity index (χ1v) is 8.42. The van der Waals surface area contributed by atoms with Gasteiger partial charge in [0, 0.05) is 38.6 Å². The predicted molar refractivity (Wildman–Crippen MR) is 106 cm³/mol. The Kier molecular flexibility index (Phi) is 11.3. The largest absolute Gasteiger partial charge is 0.373 e. The van der Waals surface area contributed by atoms with Crippen molar-refractivity contribution in [3.63, 3.8) is 0 Å². The molecule has 0 spiro atoms. The summed E-state index contributed by atoms with van der Waals surface area (Å²) in [5, 5.41) is 2.98. The van der Waals surface area contributed by atoms with Gasteiger partial charge in [-0.1, -0.05) is 31.2 Å². The van der Waals surface area contributed by atoms with Gasteiger partial charge in [-0.3, -0.25) is 9.69 Å². The van der Waals surface area contributed by atoms with E-state index in [1.165, 1.54) is 5.56 Å². The molecule has 3 unspecified atom stereocenters. The molecule has 25 heavy (non-hydrogen) atoms. The zero-order chi connectivity index (χ0) is 16.8. The summed E-state index contributed by atoms with van der Waals surface area (Å²) >= 11 is 0. The molecular formula is C18H31Cl2N3O2. The first kappa shape index (κ1) is 24.1. The fourth-order valence-corrected chi connectivity index (χ4v) is 3.00. The van der Waals surface area contributed by atoms with E-state index in [0.29, 0.717) is 13.1 Å². The molecule has 0 radical (unpaired) electrons. The first-order chi connectivity index (χ1) is 11.0. The van der Waals surface area contributed by atoms with Crippen molar-refractivity contribution in [1.29, 1.82) is 0 Å². The third-order valence-corrected chi connectivity index (χ3v) is 4.26. The lowest BCUT2D eigenvalue weighted by molar-refractivity contribution is -0.124. The smallest absolute Gasteiger partial charge is 0.224 e. The molecule has 144 valence electrons. The molecule has 3 atom stereocenters. The van der Waals surface area contributed by atoms with Gasteiger partial charge >= 0.3 is 0 Å². The highest BCUT2D eigenvalue weighted by Gasteiger charge is 2.22. The molecule has 1 aromatic rings. The number of carbonyl (C=O) groups excluding carboxylic acids is 1. The number of hydrogen-bond donors (Lipinski definition) is 2. The zero-order valence-electron chi connectivity index (χ0n) is 15.2. The lowest BCUT2D eigenvalue weighted by Gasteiger charge is -2.35. The van der Waals surface area contributed by atoms with Gasteiger partial charge < -0.3 is 15.8 Å². The van der Waals surface area contributed by atoms with Gasteiger partial charge in [-0.25, -0.2) is 0 Å². The second kappa shape index (κ2) is 11.7. The van der Waals surface area contributed by atoms with Crippen LogP contribution in [0.3, 0.4) is 0 Å². The van der Waals surface area contributed by atoms with E-state index in [1.807, 2.05) is 13.0 Å². The Balaban J connectivity index is 0.00000288. The minimum atomic E-state index is -0.150. The average molecular weight is 392 g/mol. The molecule has 1 aliphatic heterocycles. The molecule has 0 bridgehead atoms. The summed E-state index contributed by atoms with van der Waals surface area (Å²) in [5.74, 6) is -0.140. The normalized spacial score (nSPS) is 21.6. The van der Waals surface area contributed by atoms with Crippen molar-refractivity contribution in [2.24, 2.45) is 11.7 Å². The molecule has 1 aliphatic rings. The number of ether oxygens (including phenoxy) is 1. The maximum atomic E-state index is 11.9. The van der Waals surface area contributed by atoms with Crippen LogP contribution in [-0.2, 0) is 22.6 Å². The summed E-state index contributed by atoms with van der Waals surface area (Å²) < 4.78 is 5.79. The Morgan fingerprint density at radius 1 is 1.24 bits per heavy atom. The van der Waals surface area contributed by atoms with Gasteiger partial charge in [0.15, 0.2) is 0 Å². The van der Waals surface area contributed by atoms with Crippen molar-refractivity contribution in [3.8, 4) is 0 Å². The van der Waals surface area contributed by atoms with E-state index < -0.39 is 0 Å². The van der Waals surface area contributed by atoms with E-state index in [1.54, 1.807) is 0 Å². The average Bonchev–Trinajstić information content (AvgIpc) is 2.52. The van der Waals surface area contributed by atoms with Crippen LogP contribution in [-0.4, -0.2) is 42.6 Å². The Labute approximate surface area is 163 Å². The Hall–Kier alpha value is -0.850. The molecule has 1 aromatic carbocycles. The monoisotopic (exact) mass is 391 g/mol. The van der Waals surface area contributed by atoms with Crippen LogP contribution in [0.1, 0.15) is 31.9 Å². The molecule has 5 nitrogen and oxygen atoms in total. The molecule has 2 rings (SSSR count). The van der Waals surface area contributed by atoms with E-state index in [-0.39, 0.29) is 48.8 Å². The van der Waals surface area contributed by atoms with Crippen LogP contribution in [0.2, 0.25) is 0 Å². The van der Waals surface area contributed by atoms with E-state index in [0.717, 1.165) is 25.2 Å². The van der Waals surface area contributed by atoms with E-state index >= 15 is 0 Å². The third-order valence-electron chi connectivity index (χ3n) is 4.26. The summed E-state index contributed by atoms with van der Waals surface area (Å²) in [6, 6.07) is 8.28. The lowest BCUT2D eigenvalue weighted by Crippen LogP contribution is -2.45. The number of carbonyl (C=O) groups is 1. The number of hydrogen-bond acceptors (Lipinski definition) is 4. The van der Waals surface area contributed by atoms with Gasteiger partial charge in [0.25, 0.3) is 0 Å². The topological polar surface area (TPSA) is 67.6 Å². The molecule has 0 aliphatic carbocycles. The second-order valence-electron chi connectivity index (χ2n) is 6.57. The van der Waals surface area contributed by atoms with Gasteiger partial charge in [-0.05, 0) is 25.0 Å². The molecule has 0 aromatic heterocycles. The minimum absolute atomic E-state index is 0. The first-order valence-electron chi connectivity index (χ1n) is 8.42. The van der Waals surface area contributed by atoms with Crippen LogP contribution >= 0.6 is 24.8 Å². The second-order valence-corrected chi connectivity index (χ2v) is 6.57. The number of amides is 1. The van der Waals surface area contributed by atoms with Crippen LogP contribution in [0.5, 0.6) is 0 Å². The van der Waals surface area contributed by atoms with E-state index in [4.69, 9.17) is 10.5 Å². The van der Waals surface area contributed by atoms with Crippen molar-refractivity contribution >= 4 is 30.7 Å². The molecule has 1 fully saturated rings. The van der Waals surface area contributed by atoms with Crippen molar-refractivity contribution in [3.05, 3.63) is 35.4 Å². The van der Waals surface area contributed by atoms with Gasteiger partial charge in [-0.2, -0.15) is 0 Å². The van der Waals surface area contributed by atoms with Crippen LogP contribution in [0, 0.1) is 5.92 Å². The number of morpholine rings is 1. The summed E-state index contributed by atoms with van der Waals surface area (Å²) in [7, 11) is 0. The maximum absolute atomic E-state index is 11.9. The molecular weight excluding hydrogens is 361 g/mol. The van der Waals surface area contributed by atoms with Gasteiger partial charge in [0.1, 0.15) is 0 Å². The Morgan fingerprint density at radius 3 is 2.36 bits per heavy atom. The van der Waals surface area contributed by atoms with E-state index in [2.05, 4.69) is 42.3 Å². The summed E-state index contributed by atoms with van der Waals surface area (Å²) in [6.45, 7) is 9.76. The quantitative estimate of drug-likeness (QED) is 0.780. The predicted octanol–water partition coefficient (Wildman–Crippen LogP) is 2.35. The minimum Gasteiger partial charge on any atom is -0.373 e. The number of rotatable bonds is 6. The lowest BCUT2D eigenvalue weighted by atomic mass is 10.1. The number of nitrogens with two attached hydrogens (primary N) is 1. The van der Waals surface area contributed by atoms with Gasteiger partial charge in [0.05, 0.1) is 12.2 Å². The number of nitrogens with zero attached hydrogens (tertiary/aromatic N) is 1. The molecule has 7 heteroatoms. The summed E-state index contributed by atoms with van der Waals surface area (Å²) in [5.41, 5.74) is 7.96. The number of halogens is 2. The van der Waals surface area contributed by atoms with Crippen LogP contribution < -0.4 is 11.1 Å². The number of benzene rings is 1. The highest BCUT2D eigenvalue weighted by atomic mass is 35.5. The summed E-state index contributed by atoms with van der Waals surface area (Å²) in [4.78, 5) is 14.3. The fourth-order valence-electron chi connectivity index (χ4n) is 3.00. The third kappa shape index (κ3) is 7.50. The molecule has 3 N–H and O–H groups in total.